The number of rotatable bonds is 5. The predicted octanol–water partition coefficient (Wildman–Crippen LogP) is -2.15. The second kappa shape index (κ2) is 7.97. The van der Waals surface area contributed by atoms with Crippen molar-refractivity contribution in [2.45, 2.75) is 12.5 Å². The van der Waals surface area contributed by atoms with Crippen molar-refractivity contribution in [1.29, 1.82) is 0 Å². The smallest absolute Gasteiger partial charge is 0.230 e. The number of amides is 1. The highest BCUT2D eigenvalue weighted by Gasteiger charge is 2.30. The second-order valence-corrected chi connectivity index (χ2v) is 6.63. The first-order chi connectivity index (χ1) is 10.9. The summed E-state index contributed by atoms with van der Waals surface area (Å²) in [5.41, 5.74) is 0.374. The minimum absolute atomic E-state index is 0.153. The van der Waals surface area contributed by atoms with E-state index < -0.39 is 17.9 Å². The molecule has 0 saturated carbocycles. The number of halogens is 2. The standard InChI is InChI=1S/C15H19Cl2N3O3/c1-19-5-7-20(8-6-19)12(15(22)23)9-13(21)18-11-4-2-3-10(16)14(11)17/h2-4,12H,5-9H2,1H3,(H,18,21)(H,22,23)/p+1/t12-/m0/s1. The summed E-state index contributed by atoms with van der Waals surface area (Å²) < 4.78 is 0. The van der Waals surface area contributed by atoms with Crippen molar-refractivity contribution in [3.8, 4) is 0 Å². The molecule has 1 aliphatic rings. The van der Waals surface area contributed by atoms with Crippen LogP contribution in [0.2, 0.25) is 10.0 Å². The van der Waals surface area contributed by atoms with Crippen molar-refractivity contribution in [2.75, 3.05) is 38.5 Å². The number of carboxylic acids is 1. The van der Waals surface area contributed by atoms with Crippen LogP contribution in [-0.4, -0.2) is 51.1 Å². The number of piperazine rings is 1. The monoisotopic (exact) mass is 360 g/mol. The number of hydrogen-bond donors (Lipinski definition) is 3. The number of likely N-dealkylation sites (N-methyl/N-ethyl adjacent to an activating group) is 1. The van der Waals surface area contributed by atoms with Crippen molar-refractivity contribution in [1.82, 2.24) is 0 Å². The van der Waals surface area contributed by atoms with Crippen LogP contribution in [0.5, 0.6) is 0 Å². The average molecular weight is 361 g/mol. The van der Waals surface area contributed by atoms with E-state index in [-0.39, 0.29) is 11.4 Å². The van der Waals surface area contributed by atoms with Gasteiger partial charge in [-0.25, -0.2) is 0 Å². The molecule has 6 nitrogen and oxygen atoms in total. The lowest BCUT2D eigenvalue weighted by molar-refractivity contribution is -1.01. The fourth-order valence-corrected chi connectivity index (χ4v) is 3.08. The van der Waals surface area contributed by atoms with Crippen LogP contribution in [0.15, 0.2) is 18.2 Å². The van der Waals surface area contributed by atoms with Gasteiger partial charge in [-0.3, -0.25) is 4.79 Å². The highest BCUT2D eigenvalue weighted by Crippen LogP contribution is 2.29. The Labute approximate surface area is 145 Å². The normalized spacial score (nSPS) is 22.4. The molecule has 0 spiro atoms. The molecule has 3 N–H and O–H groups in total. The summed E-state index contributed by atoms with van der Waals surface area (Å²) in [6, 6.07) is 4.03. The van der Waals surface area contributed by atoms with Crippen molar-refractivity contribution < 1.29 is 24.5 Å². The summed E-state index contributed by atoms with van der Waals surface area (Å²) in [7, 11) is 2.07. The quantitative estimate of drug-likeness (QED) is 0.560. The van der Waals surface area contributed by atoms with E-state index >= 15 is 0 Å². The Morgan fingerprint density at radius 1 is 1.26 bits per heavy atom. The molecule has 2 rings (SSSR count). The molecule has 1 aromatic carbocycles. The van der Waals surface area contributed by atoms with E-state index in [1.165, 1.54) is 4.90 Å². The second-order valence-electron chi connectivity index (χ2n) is 5.84. The summed E-state index contributed by atoms with van der Waals surface area (Å²) in [4.78, 5) is 25.8. The largest absolute Gasteiger partial charge is 0.544 e. The lowest BCUT2D eigenvalue weighted by Crippen LogP contribution is -3.29. The number of carbonyl (C=O) groups is 2. The van der Waals surface area contributed by atoms with Crippen LogP contribution < -0.4 is 20.2 Å². The Bertz CT molecular complexity index is 589. The number of benzene rings is 1. The van der Waals surface area contributed by atoms with Crippen molar-refractivity contribution in [3.05, 3.63) is 28.2 Å². The van der Waals surface area contributed by atoms with Crippen LogP contribution in [0.25, 0.3) is 0 Å². The third-order valence-electron chi connectivity index (χ3n) is 4.14. The number of aliphatic carboxylic acids is 1. The first-order valence-electron chi connectivity index (χ1n) is 7.49. The molecule has 1 aliphatic heterocycles. The lowest BCUT2D eigenvalue weighted by Gasteiger charge is -2.33. The summed E-state index contributed by atoms with van der Waals surface area (Å²) in [6.07, 6.45) is -0.153. The molecule has 0 radical (unpaired) electrons. The predicted molar refractivity (Wildman–Crippen MR) is 85.8 cm³/mol. The first kappa shape index (κ1) is 18.0. The van der Waals surface area contributed by atoms with Gasteiger partial charge in [-0.15, -0.1) is 0 Å². The molecule has 1 heterocycles. The Morgan fingerprint density at radius 2 is 1.91 bits per heavy atom. The van der Waals surface area contributed by atoms with Crippen LogP contribution in [0.1, 0.15) is 6.42 Å². The molecule has 1 amide bonds. The number of anilines is 1. The van der Waals surface area contributed by atoms with Gasteiger partial charge in [0.15, 0.2) is 0 Å². The van der Waals surface area contributed by atoms with Gasteiger partial charge in [0.1, 0.15) is 32.2 Å². The van der Waals surface area contributed by atoms with E-state index in [1.807, 2.05) is 0 Å². The molecule has 0 aromatic heterocycles. The third-order valence-corrected chi connectivity index (χ3v) is 4.96. The Kier molecular flexibility index (Phi) is 6.24. The molecule has 0 bridgehead atoms. The van der Waals surface area contributed by atoms with Gasteiger partial charge in [0.25, 0.3) is 0 Å². The molecular weight excluding hydrogens is 341 g/mol. The van der Waals surface area contributed by atoms with Gasteiger partial charge in [0.05, 0.1) is 35.2 Å². The highest BCUT2D eigenvalue weighted by atomic mass is 35.5. The van der Waals surface area contributed by atoms with E-state index in [4.69, 9.17) is 23.2 Å². The van der Waals surface area contributed by atoms with Gasteiger partial charge >= 0.3 is 0 Å². The van der Waals surface area contributed by atoms with E-state index in [0.29, 0.717) is 23.8 Å². The minimum Gasteiger partial charge on any atom is -0.544 e. The van der Waals surface area contributed by atoms with Gasteiger partial charge in [0.2, 0.25) is 5.91 Å². The molecule has 126 valence electrons. The third kappa shape index (κ3) is 4.81. The molecule has 1 atom stereocenters. The fraction of sp³-hybridized carbons (Fsp3) is 0.467. The zero-order chi connectivity index (χ0) is 17.0. The summed E-state index contributed by atoms with van der Waals surface area (Å²) in [5, 5.41) is 14.6. The summed E-state index contributed by atoms with van der Waals surface area (Å²) in [6.45, 7) is 3.16. The van der Waals surface area contributed by atoms with Crippen LogP contribution in [-0.2, 0) is 9.59 Å². The van der Waals surface area contributed by atoms with Gasteiger partial charge in [0, 0.05) is 0 Å². The molecule has 23 heavy (non-hydrogen) atoms. The van der Waals surface area contributed by atoms with Crippen LogP contribution >= 0.6 is 23.2 Å². The molecule has 1 saturated heterocycles. The maximum Gasteiger partial charge on any atom is 0.230 e. The van der Waals surface area contributed by atoms with Gasteiger partial charge in [-0.05, 0) is 12.1 Å². The molecule has 0 unspecified atom stereocenters. The number of nitrogens with one attached hydrogen (secondary N) is 3. The number of carboxylic acid groups (broad SMARTS) is 1. The van der Waals surface area contributed by atoms with Gasteiger partial charge in [-0.1, -0.05) is 29.3 Å². The Balaban J connectivity index is 2.01. The Morgan fingerprint density at radius 3 is 2.52 bits per heavy atom. The Hall–Kier alpha value is -1.34. The zero-order valence-electron chi connectivity index (χ0n) is 12.8. The summed E-state index contributed by atoms with van der Waals surface area (Å²) >= 11 is 11.9. The van der Waals surface area contributed by atoms with Crippen LogP contribution in [0, 0.1) is 0 Å². The van der Waals surface area contributed by atoms with E-state index in [1.54, 1.807) is 18.2 Å². The van der Waals surface area contributed by atoms with E-state index in [9.17, 15) is 14.7 Å². The van der Waals surface area contributed by atoms with Crippen molar-refractivity contribution in [2.24, 2.45) is 0 Å². The van der Waals surface area contributed by atoms with Gasteiger partial charge in [-0.2, -0.15) is 0 Å². The maximum absolute atomic E-state index is 12.2. The average Bonchev–Trinajstić information content (AvgIpc) is 2.50. The zero-order valence-corrected chi connectivity index (χ0v) is 14.3. The number of hydrogen-bond acceptors (Lipinski definition) is 3. The molecule has 1 fully saturated rings. The van der Waals surface area contributed by atoms with Crippen molar-refractivity contribution >= 4 is 40.8 Å². The van der Waals surface area contributed by atoms with Crippen LogP contribution in [0.3, 0.4) is 0 Å². The number of quaternary nitrogens is 2. The molecular formula is C15H20Cl2N3O3+. The number of carbonyl (C=O) groups excluding carboxylic acids is 2. The van der Waals surface area contributed by atoms with Gasteiger partial charge < -0.3 is 25.0 Å². The van der Waals surface area contributed by atoms with Crippen molar-refractivity contribution in [3.63, 3.8) is 0 Å². The SMILES string of the molecule is C[NH+]1CC[NH+]([C@@H](CC(=O)Nc2cccc(Cl)c2Cl)C(=O)[O-])CC1. The lowest BCUT2D eigenvalue weighted by atomic mass is 10.1. The van der Waals surface area contributed by atoms with E-state index in [2.05, 4.69) is 12.4 Å². The maximum atomic E-state index is 12.2. The molecule has 8 heteroatoms. The van der Waals surface area contributed by atoms with E-state index in [0.717, 1.165) is 18.0 Å². The topological polar surface area (TPSA) is 78.1 Å². The molecule has 0 aliphatic carbocycles. The fourth-order valence-electron chi connectivity index (χ4n) is 2.73. The minimum atomic E-state index is -1.20. The summed E-state index contributed by atoms with van der Waals surface area (Å²) in [5.74, 6) is -1.62. The first-order valence-corrected chi connectivity index (χ1v) is 8.24. The van der Waals surface area contributed by atoms with Crippen LogP contribution in [0.4, 0.5) is 5.69 Å². The highest BCUT2D eigenvalue weighted by molar-refractivity contribution is 6.43. The molecule has 1 aromatic rings.